The molecule has 1 aliphatic heterocycles. The highest BCUT2D eigenvalue weighted by Crippen LogP contribution is 2.34. The van der Waals surface area contributed by atoms with E-state index in [0.717, 1.165) is 25.0 Å². The van der Waals surface area contributed by atoms with Crippen molar-refractivity contribution in [1.82, 2.24) is 4.90 Å². The molecule has 8 heteroatoms. The van der Waals surface area contributed by atoms with E-state index in [0.29, 0.717) is 24.1 Å². The lowest BCUT2D eigenvalue weighted by atomic mass is 9.93. The van der Waals surface area contributed by atoms with E-state index in [-0.39, 0.29) is 24.1 Å². The van der Waals surface area contributed by atoms with Crippen molar-refractivity contribution in [1.29, 1.82) is 0 Å². The zero-order chi connectivity index (χ0) is 20.3. The van der Waals surface area contributed by atoms with Crippen molar-refractivity contribution in [3.05, 3.63) is 75.3 Å². The first-order valence-corrected chi connectivity index (χ1v) is 8.95. The number of nitrogens with zero attached hydrogens (tertiary/aromatic N) is 2. The predicted molar refractivity (Wildman–Crippen MR) is 96.5 cm³/mol. The van der Waals surface area contributed by atoms with E-state index in [2.05, 4.69) is 0 Å². The number of carbonyl (C=O) groups excluding carboxylic acids is 1. The molecule has 3 rings (SSSR count). The zero-order valence-corrected chi connectivity index (χ0v) is 15.0. The Hall–Kier alpha value is -2.90. The van der Waals surface area contributed by atoms with E-state index >= 15 is 0 Å². The number of hydrogen-bond donors (Lipinski definition) is 0. The number of piperidine rings is 1. The molecule has 2 aromatic carbocycles. The minimum atomic E-state index is -4.39. The summed E-state index contributed by atoms with van der Waals surface area (Å²) in [6.07, 6.45) is -1.88. The maximum absolute atomic E-state index is 12.8. The Morgan fingerprint density at radius 1 is 1.07 bits per heavy atom. The van der Waals surface area contributed by atoms with Crippen molar-refractivity contribution < 1.29 is 22.9 Å². The Morgan fingerprint density at radius 3 is 2.29 bits per heavy atom. The van der Waals surface area contributed by atoms with Crippen LogP contribution in [-0.2, 0) is 17.4 Å². The maximum Gasteiger partial charge on any atom is 0.416 e. The molecule has 28 heavy (non-hydrogen) atoms. The van der Waals surface area contributed by atoms with Crippen molar-refractivity contribution >= 4 is 11.6 Å². The first-order chi connectivity index (χ1) is 13.3. The number of benzene rings is 2. The molecule has 0 aliphatic carbocycles. The van der Waals surface area contributed by atoms with Crippen molar-refractivity contribution in [3.8, 4) is 0 Å². The number of carbonyl (C=O) groups is 1. The Morgan fingerprint density at radius 2 is 1.71 bits per heavy atom. The Kier molecular flexibility index (Phi) is 5.67. The van der Waals surface area contributed by atoms with Crippen LogP contribution in [0.15, 0.2) is 48.5 Å². The molecule has 0 aromatic heterocycles. The van der Waals surface area contributed by atoms with E-state index in [1.165, 1.54) is 24.3 Å². The summed E-state index contributed by atoms with van der Waals surface area (Å²) in [4.78, 5) is 24.7. The van der Waals surface area contributed by atoms with E-state index in [4.69, 9.17) is 0 Å². The van der Waals surface area contributed by atoms with Gasteiger partial charge in [0.2, 0.25) is 5.91 Å². The summed E-state index contributed by atoms with van der Waals surface area (Å²) < 4.78 is 38.3. The van der Waals surface area contributed by atoms with Gasteiger partial charge < -0.3 is 4.90 Å². The molecule has 1 amide bonds. The Bertz CT molecular complexity index is 848. The van der Waals surface area contributed by atoms with Crippen LogP contribution in [0, 0.1) is 10.1 Å². The third-order valence-corrected chi connectivity index (χ3v) is 4.95. The monoisotopic (exact) mass is 392 g/mol. The molecule has 1 fully saturated rings. The lowest BCUT2D eigenvalue weighted by molar-refractivity contribution is -0.384. The molecule has 1 heterocycles. The number of rotatable bonds is 4. The number of nitro groups is 1. The van der Waals surface area contributed by atoms with Gasteiger partial charge in [0.1, 0.15) is 0 Å². The number of hydrogen-bond acceptors (Lipinski definition) is 3. The molecule has 1 atom stereocenters. The Labute approximate surface area is 159 Å². The summed E-state index contributed by atoms with van der Waals surface area (Å²) in [5.74, 6) is -0.140. The third kappa shape index (κ3) is 4.49. The highest BCUT2D eigenvalue weighted by molar-refractivity contribution is 5.79. The lowest BCUT2D eigenvalue weighted by Gasteiger charge is -2.36. The van der Waals surface area contributed by atoms with Crippen LogP contribution in [0.25, 0.3) is 0 Å². The fraction of sp³-hybridized carbons (Fsp3) is 0.350. The number of non-ortho nitro benzene ring substituents is 1. The smallest absolute Gasteiger partial charge is 0.335 e. The average Bonchev–Trinajstić information content (AvgIpc) is 2.68. The van der Waals surface area contributed by atoms with Gasteiger partial charge in [0, 0.05) is 18.7 Å². The van der Waals surface area contributed by atoms with Gasteiger partial charge in [-0.3, -0.25) is 14.9 Å². The van der Waals surface area contributed by atoms with Crippen LogP contribution >= 0.6 is 0 Å². The van der Waals surface area contributed by atoms with E-state index < -0.39 is 16.7 Å². The van der Waals surface area contributed by atoms with Crippen molar-refractivity contribution in [2.24, 2.45) is 0 Å². The molecule has 2 aromatic rings. The standard InChI is InChI=1S/C20H19F3N2O3/c21-20(22,23)16-8-6-15(7-9-16)18-3-1-2-12-24(18)19(26)13-14-4-10-17(11-5-14)25(27)28/h4-11,18H,1-3,12-13H2/t18-/m0/s1. The molecule has 0 saturated carbocycles. The van der Waals surface area contributed by atoms with Crippen molar-refractivity contribution in [2.45, 2.75) is 37.9 Å². The fourth-order valence-corrected chi connectivity index (χ4v) is 3.48. The SMILES string of the molecule is O=C(Cc1ccc([N+](=O)[O-])cc1)N1CCCC[C@H]1c1ccc(C(F)(F)F)cc1. The summed E-state index contributed by atoms with van der Waals surface area (Å²) in [6.45, 7) is 0.539. The summed E-state index contributed by atoms with van der Waals surface area (Å²) in [6, 6.07) is 10.5. The summed E-state index contributed by atoms with van der Waals surface area (Å²) in [5.41, 5.74) is 0.588. The summed E-state index contributed by atoms with van der Waals surface area (Å²) in [7, 11) is 0. The van der Waals surface area contributed by atoms with Crippen LogP contribution in [0.5, 0.6) is 0 Å². The molecule has 1 aliphatic rings. The van der Waals surface area contributed by atoms with Crippen LogP contribution < -0.4 is 0 Å². The molecule has 0 bridgehead atoms. The second-order valence-corrected chi connectivity index (χ2v) is 6.82. The van der Waals surface area contributed by atoms with Crippen molar-refractivity contribution in [2.75, 3.05) is 6.54 Å². The molecular weight excluding hydrogens is 373 g/mol. The molecule has 1 saturated heterocycles. The zero-order valence-electron chi connectivity index (χ0n) is 15.0. The minimum absolute atomic E-state index is 0.0446. The van der Waals surface area contributed by atoms with Crippen LogP contribution in [0.3, 0.4) is 0 Å². The molecular formula is C20H19F3N2O3. The lowest BCUT2D eigenvalue weighted by Crippen LogP contribution is -2.39. The average molecular weight is 392 g/mol. The van der Waals surface area contributed by atoms with Crippen LogP contribution in [-0.4, -0.2) is 22.3 Å². The number of nitro benzene ring substituents is 1. The predicted octanol–water partition coefficient (Wildman–Crippen LogP) is 4.91. The molecule has 0 unspecified atom stereocenters. The van der Waals surface area contributed by atoms with Gasteiger partial charge in [0.05, 0.1) is 22.9 Å². The van der Waals surface area contributed by atoms with Gasteiger partial charge in [0.15, 0.2) is 0 Å². The van der Waals surface area contributed by atoms with E-state index in [9.17, 15) is 28.1 Å². The number of halogens is 3. The molecule has 148 valence electrons. The second-order valence-electron chi connectivity index (χ2n) is 6.82. The maximum atomic E-state index is 12.8. The van der Waals surface area contributed by atoms with E-state index in [1.807, 2.05) is 0 Å². The molecule has 0 radical (unpaired) electrons. The van der Waals surface area contributed by atoms with Gasteiger partial charge in [-0.15, -0.1) is 0 Å². The first kappa shape index (κ1) is 19.9. The molecule has 0 spiro atoms. The van der Waals surface area contributed by atoms with Gasteiger partial charge in [-0.05, 0) is 42.5 Å². The minimum Gasteiger partial charge on any atom is -0.335 e. The van der Waals surface area contributed by atoms with Crippen LogP contribution in [0.4, 0.5) is 18.9 Å². The topological polar surface area (TPSA) is 63.4 Å². The molecule has 5 nitrogen and oxygen atoms in total. The van der Waals surface area contributed by atoms with Gasteiger partial charge in [-0.25, -0.2) is 0 Å². The fourth-order valence-electron chi connectivity index (χ4n) is 3.48. The highest BCUT2D eigenvalue weighted by Gasteiger charge is 2.32. The van der Waals surface area contributed by atoms with Gasteiger partial charge in [0.25, 0.3) is 5.69 Å². The number of alkyl halides is 3. The summed E-state index contributed by atoms with van der Waals surface area (Å²) >= 11 is 0. The highest BCUT2D eigenvalue weighted by atomic mass is 19.4. The first-order valence-electron chi connectivity index (χ1n) is 8.95. The van der Waals surface area contributed by atoms with E-state index in [1.54, 1.807) is 17.0 Å². The van der Waals surface area contributed by atoms with Gasteiger partial charge >= 0.3 is 6.18 Å². The normalized spacial score (nSPS) is 17.4. The number of amides is 1. The largest absolute Gasteiger partial charge is 0.416 e. The van der Waals surface area contributed by atoms with Crippen LogP contribution in [0.1, 0.15) is 42.0 Å². The third-order valence-electron chi connectivity index (χ3n) is 4.95. The van der Waals surface area contributed by atoms with Gasteiger partial charge in [-0.2, -0.15) is 13.2 Å². The summed E-state index contributed by atoms with van der Waals surface area (Å²) in [5, 5.41) is 10.7. The Balaban J connectivity index is 1.75. The number of likely N-dealkylation sites (tertiary alicyclic amines) is 1. The molecule has 0 N–H and O–H groups in total. The van der Waals surface area contributed by atoms with Gasteiger partial charge in [-0.1, -0.05) is 24.3 Å². The second kappa shape index (κ2) is 8.00. The van der Waals surface area contributed by atoms with Crippen LogP contribution in [0.2, 0.25) is 0 Å². The van der Waals surface area contributed by atoms with Crippen molar-refractivity contribution in [3.63, 3.8) is 0 Å². The quantitative estimate of drug-likeness (QED) is 0.549.